The smallest absolute Gasteiger partial charge is 0.244 e. The summed E-state index contributed by atoms with van der Waals surface area (Å²) in [5.74, 6) is 0.436. The van der Waals surface area contributed by atoms with Gasteiger partial charge in [0, 0.05) is 0 Å². The average molecular weight is 433 g/mol. The number of nitrogens with one attached hydrogen (secondary N) is 1. The van der Waals surface area contributed by atoms with Crippen molar-refractivity contribution in [3.63, 3.8) is 0 Å². The van der Waals surface area contributed by atoms with Gasteiger partial charge in [0.15, 0.2) is 0 Å². The van der Waals surface area contributed by atoms with Gasteiger partial charge in [-0.1, -0.05) is 25.1 Å². The fourth-order valence-corrected chi connectivity index (χ4v) is 4.88. The normalized spacial score (nSPS) is 13.4. The van der Waals surface area contributed by atoms with Gasteiger partial charge < -0.3 is 10.1 Å². The molecule has 1 amide bonds. The predicted octanol–water partition coefficient (Wildman–Crippen LogP) is 4.04. The third kappa shape index (κ3) is 5.53. The van der Waals surface area contributed by atoms with Crippen molar-refractivity contribution in [2.24, 2.45) is 0 Å². The number of aryl methyl sites for hydroxylation is 3. The quantitative estimate of drug-likeness (QED) is 0.683. The highest BCUT2D eigenvalue weighted by Crippen LogP contribution is 2.26. The summed E-state index contributed by atoms with van der Waals surface area (Å²) in [7, 11) is -2.04. The van der Waals surface area contributed by atoms with Crippen molar-refractivity contribution in [1.29, 1.82) is 0 Å². The fraction of sp³-hybridized carbons (Fsp3) is 0.435. The topological polar surface area (TPSA) is 75.7 Å². The number of ether oxygens (including phenoxy) is 1. The van der Waals surface area contributed by atoms with Gasteiger partial charge in [0.05, 0.1) is 25.1 Å². The maximum Gasteiger partial charge on any atom is 0.244 e. The van der Waals surface area contributed by atoms with E-state index in [0.29, 0.717) is 12.1 Å². The third-order valence-electron chi connectivity index (χ3n) is 5.10. The number of rotatable bonds is 8. The molecule has 0 aliphatic carbocycles. The first-order valence-electron chi connectivity index (χ1n) is 10.0. The van der Waals surface area contributed by atoms with Crippen molar-refractivity contribution in [1.82, 2.24) is 5.32 Å². The molecule has 2 aromatic carbocycles. The summed E-state index contributed by atoms with van der Waals surface area (Å²) in [4.78, 5) is 13.1. The standard InChI is InChI=1S/C23H32N2O4S/c1-8-21(19-9-10-22(29-6)17(4)14-19)24-23(26)18(5)25(30(7,27)28)20-12-15(2)11-16(3)13-20/h9-14,18,21H,8H2,1-7H3,(H,24,26)/t18-,21-/m1/s1. The van der Waals surface area contributed by atoms with E-state index >= 15 is 0 Å². The van der Waals surface area contributed by atoms with E-state index in [-0.39, 0.29) is 11.9 Å². The monoisotopic (exact) mass is 432 g/mol. The molecule has 0 saturated heterocycles. The summed E-state index contributed by atoms with van der Waals surface area (Å²) in [5.41, 5.74) is 4.29. The lowest BCUT2D eigenvalue weighted by Crippen LogP contribution is -2.48. The molecule has 0 bridgehead atoms. The number of nitrogens with zero attached hydrogens (tertiary/aromatic N) is 1. The van der Waals surface area contributed by atoms with Gasteiger partial charge >= 0.3 is 0 Å². The van der Waals surface area contributed by atoms with Gasteiger partial charge in [-0.15, -0.1) is 0 Å². The summed E-state index contributed by atoms with van der Waals surface area (Å²) in [6.07, 6.45) is 1.80. The van der Waals surface area contributed by atoms with Crippen LogP contribution >= 0.6 is 0 Å². The van der Waals surface area contributed by atoms with Crippen LogP contribution in [-0.4, -0.2) is 33.7 Å². The zero-order valence-electron chi connectivity index (χ0n) is 18.8. The molecule has 0 unspecified atom stereocenters. The second-order valence-electron chi connectivity index (χ2n) is 7.78. The van der Waals surface area contributed by atoms with Crippen molar-refractivity contribution >= 4 is 21.6 Å². The van der Waals surface area contributed by atoms with E-state index < -0.39 is 16.1 Å². The summed E-state index contributed by atoms with van der Waals surface area (Å²) in [6.45, 7) is 9.35. The van der Waals surface area contributed by atoms with Crippen LogP contribution in [0, 0.1) is 20.8 Å². The van der Waals surface area contributed by atoms with Crippen LogP contribution in [0.2, 0.25) is 0 Å². The molecule has 0 heterocycles. The highest BCUT2D eigenvalue weighted by Gasteiger charge is 2.30. The van der Waals surface area contributed by atoms with E-state index in [1.54, 1.807) is 26.2 Å². The first-order valence-corrected chi connectivity index (χ1v) is 11.8. The Bertz CT molecular complexity index is 998. The molecular weight excluding hydrogens is 400 g/mol. The molecule has 1 N–H and O–H groups in total. The number of benzene rings is 2. The Morgan fingerprint density at radius 1 is 1.10 bits per heavy atom. The van der Waals surface area contributed by atoms with E-state index in [9.17, 15) is 13.2 Å². The van der Waals surface area contributed by atoms with Crippen LogP contribution < -0.4 is 14.4 Å². The largest absolute Gasteiger partial charge is 0.496 e. The number of sulfonamides is 1. The Balaban J connectivity index is 2.33. The highest BCUT2D eigenvalue weighted by molar-refractivity contribution is 7.92. The Kier molecular flexibility index (Phi) is 7.53. The molecule has 2 atom stereocenters. The number of hydrogen-bond donors (Lipinski definition) is 1. The Labute approximate surface area is 180 Å². The molecule has 6 nitrogen and oxygen atoms in total. The number of carbonyl (C=O) groups excluding carboxylic acids is 1. The predicted molar refractivity (Wildman–Crippen MR) is 122 cm³/mol. The SMILES string of the molecule is CC[C@@H](NC(=O)[C@@H](C)N(c1cc(C)cc(C)c1)S(C)(=O)=O)c1ccc(OC)c(C)c1. The first-order chi connectivity index (χ1) is 14.0. The fourth-order valence-electron chi connectivity index (χ4n) is 3.72. The van der Waals surface area contributed by atoms with Crippen LogP contribution in [0.5, 0.6) is 5.75 Å². The van der Waals surface area contributed by atoms with Crippen molar-refractivity contribution in [3.05, 3.63) is 58.7 Å². The molecule has 30 heavy (non-hydrogen) atoms. The highest BCUT2D eigenvalue weighted by atomic mass is 32.2. The maximum atomic E-state index is 13.1. The first kappa shape index (κ1) is 23.7. The Hall–Kier alpha value is -2.54. The van der Waals surface area contributed by atoms with Crippen LogP contribution in [0.15, 0.2) is 36.4 Å². The van der Waals surface area contributed by atoms with Crippen LogP contribution in [0.4, 0.5) is 5.69 Å². The molecular formula is C23H32N2O4S. The van der Waals surface area contributed by atoms with Crippen molar-refractivity contribution in [2.45, 2.75) is 53.1 Å². The van der Waals surface area contributed by atoms with Crippen LogP contribution in [-0.2, 0) is 14.8 Å². The molecule has 7 heteroatoms. The number of amides is 1. The number of anilines is 1. The molecule has 0 fully saturated rings. The molecule has 0 aromatic heterocycles. The third-order valence-corrected chi connectivity index (χ3v) is 6.34. The molecule has 2 rings (SSSR count). The molecule has 0 radical (unpaired) electrons. The van der Waals surface area contributed by atoms with Crippen LogP contribution in [0.1, 0.15) is 48.6 Å². The summed E-state index contributed by atoms with van der Waals surface area (Å²) in [5, 5.41) is 3.01. The van der Waals surface area contributed by atoms with Gasteiger partial charge in [0.25, 0.3) is 0 Å². The van der Waals surface area contributed by atoms with Gasteiger partial charge in [-0.05, 0) is 74.6 Å². The van der Waals surface area contributed by atoms with Gasteiger partial charge in [-0.2, -0.15) is 0 Å². The van der Waals surface area contributed by atoms with Gasteiger partial charge in [-0.3, -0.25) is 9.10 Å². The van der Waals surface area contributed by atoms with Gasteiger partial charge in [-0.25, -0.2) is 8.42 Å². The van der Waals surface area contributed by atoms with E-state index in [2.05, 4.69) is 5.32 Å². The zero-order chi connectivity index (χ0) is 22.6. The van der Waals surface area contributed by atoms with E-state index in [1.807, 2.05) is 52.0 Å². The molecule has 164 valence electrons. The maximum absolute atomic E-state index is 13.1. The lowest BCUT2D eigenvalue weighted by molar-refractivity contribution is -0.122. The van der Waals surface area contributed by atoms with Crippen LogP contribution in [0.3, 0.4) is 0 Å². The lowest BCUT2D eigenvalue weighted by Gasteiger charge is -2.30. The van der Waals surface area contributed by atoms with Gasteiger partial charge in [0.2, 0.25) is 15.9 Å². The number of hydrogen-bond acceptors (Lipinski definition) is 4. The van der Waals surface area contributed by atoms with Gasteiger partial charge in [0.1, 0.15) is 11.8 Å². The summed E-state index contributed by atoms with van der Waals surface area (Å²) >= 11 is 0. The molecule has 0 spiro atoms. The minimum atomic E-state index is -3.66. The second-order valence-corrected chi connectivity index (χ2v) is 9.64. The molecule has 2 aromatic rings. The van der Waals surface area contributed by atoms with E-state index in [4.69, 9.17) is 4.74 Å². The molecule has 0 saturated carbocycles. The Morgan fingerprint density at radius 2 is 1.70 bits per heavy atom. The van der Waals surface area contributed by atoms with E-state index in [1.165, 1.54) is 4.31 Å². The second kappa shape index (κ2) is 9.51. The summed E-state index contributed by atoms with van der Waals surface area (Å²) in [6, 6.07) is 10.2. The average Bonchev–Trinajstić information content (AvgIpc) is 2.63. The Morgan fingerprint density at radius 3 is 2.17 bits per heavy atom. The van der Waals surface area contributed by atoms with Crippen LogP contribution in [0.25, 0.3) is 0 Å². The van der Waals surface area contributed by atoms with Crippen molar-refractivity contribution < 1.29 is 17.9 Å². The minimum absolute atomic E-state index is 0.231. The van der Waals surface area contributed by atoms with Crippen molar-refractivity contribution in [3.8, 4) is 5.75 Å². The molecule has 0 aliphatic rings. The van der Waals surface area contributed by atoms with E-state index in [0.717, 1.165) is 34.3 Å². The minimum Gasteiger partial charge on any atom is -0.496 e. The number of methoxy groups -OCH3 is 1. The van der Waals surface area contributed by atoms with Crippen molar-refractivity contribution in [2.75, 3.05) is 17.7 Å². The number of carbonyl (C=O) groups is 1. The zero-order valence-corrected chi connectivity index (χ0v) is 19.6. The lowest BCUT2D eigenvalue weighted by atomic mass is 10.0. The molecule has 0 aliphatic heterocycles. The summed E-state index contributed by atoms with van der Waals surface area (Å²) < 4.78 is 31.6.